The quantitative estimate of drug-likeness (QED) is 0.802. The Hall–Kier alpha value is -2.62. The van der Waals surface area contributed by atoms with Gasteiger partial charge in [0.15, 0.2) is 0 Å². The molecule has 1 amide bonds. The Morgan fingerprint density at radius 2 is 1.91 bits per heavy atom. The number of hydrogen-bond acceptors (Lipinski definition) is 2. The Balaban J connectivity index is 1.84. The van der Waals surface area contributed by atoms with E-state index in [1.807, 2.05) is 67.8 Å². The van der Waals surface area contributed by atoms with Crippen LogP contribution in [0.5, 0.6) is 0 Å². The van der Waals surface area contributed by atoms with E-state index in [1.165, 1.54) is 0 Å². The maximum absolute atomic E-state index is 12.4. The summed E-state index contributed by atoms with van der Waals surface area (Å²) in [4.78, 5) is 16.9. The molecular weight excluding hydrogens is 274 g/mol. The fourth-order valence-corrected chi connectivity index (χ4v) is 2.60. The highest BCUT2D eigenvalue weighted by atomic mass is 16.1. The van der Waals surface area contributed by atoms with Gasteiger partial charge in [-0.2, -0.15) is 0 Å². The molecule has 0 saturated carbocycles. The van der Waals surface area contributed by atoms with E-state index in [1.54, 1.807) is 0 Å². The fourth-order valence-electron chi connectivity index (χ4n) is 2.60. The predicted octanol–water partition coefficient (Wildman–Crippen LogP) is 3.60. The average Bonchev–Trinajstić information content (AvgIpc) is 2.79. The largest absolute Gasteiger partial charge is 0.324 e. The molecule has 1 aromatic heterocycles. The molecule has 2 aromatic carbocycles. The van der Waals surface area contributed by atoms with E-state index in [2.05, 4.69) is 10.3 Å². The molecule has 0 unspecified atom stereocenters. The lowest BCUT2D eigenvalue weighted by Crippen LogP contribution is -2.20. The number of nitrogens with one attached hydrogen (secondary N) is 1. The molecule has 3 aromatic rings. The zero-order chi connectivity index (χ0) is 15.7. The third kappa shape index (κ3) is 2.72. The fraction of sp³-hybridized carbons (Fsp3) is 0.222. The van der Waals surface area contributed by atoms with E-state index < -0.39 is 0 Å². The summed E-state index contributed by atoms with van der Waals surface area (Å²) in [6.45, 7) is 6.19. The van der Waals surface area contributed by atoms with Crippen LogP contribution >= 0.6 is 0 Å². The van der Waals surface area contributed by atoms with Crippen LogP contribution < -0.4 is 5.32 Å². The van der Waals surface area contributed by atoms with Crippen molar-refractivity contribution < 1.29 is 4.79 Å². The van der Waals surface area contributed by atoms with Gasteiger partial charge in [-0.25, -0.2) is 4.98 Å². The summed E-state index contributed by atoms with van der Waals surface area (Å²) >= 11 is 0. The molecule has 0 bridgehead atoms. The number of para-hydroxylation sites is 2. The normalized spacial score (nSPS) is 10.9. The van der Waals surface area contributed by atoms with Crippen molar-refractivity contribution in [3.05, 3.63) is 59.4 Å². The van der Waals surface area contributed by atoms with E-state index >= 15 is 0 Å². The number of benzene rings is 2. The Morgan fingerprint density at radius 3 is 2.73 bits per heavy atom. The second-order valence-electron chi connectivity index (χ2n) is 5.60. The topological polar surface area (TPSA) is 46.9 Å². The van der Waals surface area contributed by atoms with Crippen LogP contribution in [0.1, 0.15) is 17.0 Å². The molecule has 0 aliphatic carbocycles. The number of aryl methyl sites for hydroxylation is 3. The monoisotopic (exact) mass is 293 g/mol. The van der Waals surface area contributed by atoms with Gasteiger partial charge in [0.25, 0.3) is 0 Å². The summed E-state index contributed by atoms with van der Waals surface area (Å²) in [5.74, 6) is 0.803. The van der Waals surface area contributed by atoms with Crippen LogP contribution in [0, 0.1) is 20.8 Å². The van der Waals surface area contributed by atoms with E-state index in [0.717, 1.165) is 33.7 Å². The van der Waals surface area contributed by atoms with Gasteiger partial charge in [0, 0.05) is 5.69 Å². The number of nitrogens with zero attached hydrogens (tertiary/aromatic N) is 2. The molecule has 0 aliphatic heterocycles. The molecule has 4 nitrogen and oxygen atoms in total. The summed E-state index contributed by atoms with van der Waals surface area (Å²) in [5.41, 5.74) is 4.96. The van der Waals surface area contributed by atoms with Crippen LogP contribution in [0.2, 0.25) is 0 Å². The number of aromatic nitrogens is 2. The van der Waals surface area contributed by atoms with Crippen LogP contribution in [0.15, 0.2) is 42.5 Å². The molecule has 0 saturated heterocycles. The number of fused-ring (bicyclic) bond motifs is 1. The van der Waals surface area contributed by atoms with Crippen LogP contribution in [0.25, 0.3) is 11.0 Å². The van der Waals surface area contributed by atoms with E-state index in [9.17, 15) is 4.79 Å². The average molecular weight is 293 g/mol. The van der Waals surface area contributed by atoms with Crippen molar-refractivity contribution in [2.24, 2.45) is 0 Å². The van der Waals surface area contributed by atoms with Crippen LogP contribution in [0.4, 0.5) is 5.69 Å². The summed E-state index contributed by atoms with van der Waals surface area (Å²) in [7, 11) is 0. The third-order valence-electron chi connectivity index (χ3n) is 3.81. The zero-order valence-corrected chi connectivity index (χ0v) is 13.1. The van der Waals surface area contributed by atoms with Crippen molar-refractivity contribution >= 4 is 22.6 Å². The number of hydrogen-bond donors (Lipinski definition) is 1. The Bertz CT molecular complexity index is 849. The molecule has 0 atom stereocenters. The highest BCUT2D eigenvalue weighted by Gasteiger charge is 2.11. The predicted molar refractivity (Wildman–Crippen MR) is 89.0 cm³/mol. The lowest BCUT2D eigenvalue weighted by molar-refractivity contribution is -0.116. The SMILES string of the molecule is Cc1ccc(C)c(NC(=O)Cn2c(C)nc3ccccc32)c1. The first kappa shape index (κ1) is 14.3. The molecule has 22 heavy (non-hydrogen) atoms. The number of carbonyl (C=O) groups excluding carboxylic acids is 1. The molecule has 0 spiro atoms. The minimum absolute atomic E-state index is 0.0417. The summed E-state index contributed by atoms with van der Waals surface area (Å²) in [5, 5.41) is 2.99. The number of rotatable bonds is 3. The van der Waals surface area contributed by atoms with Crippen LogP contribution in [-0.2, 0) is 11.3 Å². The van der Waals surface area contributed by atoms with Crippen molar-refractivity contribution in [1.82, 2.24) is 9.55 Å². The highest BCUT2D eigenvalue weighted by Crippen LogP contribution is 2.18. The molecule has 0 aliphatic rings. The van der Waals surface area contributed by atoms with E-state index in [-0.39, 0.29) is 12.5 Å². The first-order valence-electron chi connectivity index (χ1n) is 7.33. The van der Waals surface area contributed by atoms with Crippen LogP contribution in [-0.4, -0.2) is 15.5 Å². The number of imidazole rings is 1. The Labute approximate surface area is 129 Å². The molecule has 112 valence electrons. The first-order chi connectivity index (χ1) is 10.5. The van der Waals surface area contributed by atoms with Gasteiger partial charge in [0.05, 0.1) is 11.0 Å². The summed E-state index contributed by atoms with van der Waals surface area (Å²) < 4.78 is 1.94. The molecular formula is C18H19N3O. The Kier molecular flexibility index (Phi) is 3.67. The molecule has 3 rings (SSSR count). The molecule has 0 radical (unpaired) electrons. The summed E-state index contributed by atoms with van der Waals surface area (Å²) in [6.07, 6.45) is 0. The number of amides is 1. The first-order valence-corrected chi connectivity index (χ1v) is 7.33. The summed E-state index contributed by atoms with van der Waals surface area (Å²) in [6, 6.07) is 13.9. The highest BCUT2D eigenvalue weighted by molar-refractivity contribution is 5.92. The van der Waals surface area contributed by atoms with E-state index in [0.29, 0.717) is 0 Å². The number of carbonyl (C=O) groups is 1. The Morgan fingerprint density at radius 1 is 1.14 bits per heavy atom. The minimum Gasteiger partial charge on any atom is -0.324 e. The lowest BCUT2D eigenvalue weighted by Gasteiger charge is -2.11. The second-order valence-corrected chi connectivity index (χ2v) is 5.60. The van der Waals surface area contributed by atoms with Gasteiger partial charge in [0.2, 0.25) is 5.91 Å². The third-order valence-corrected chi connectivity index (χ3v) is 3.81. The standard InChI is InChI=1S/C18H19N3O/c1-12-8-9-13(2)16(10-12)20-18(22)11-21-14(3)19-15-6-4-5-7-17(15)21/h4-10H,11H2,1-3H3,(H,20,22). The molecule has 1 heterocycles. The van der Waals surface area contributed by atoms with Gasteiger partial charge >= 0.3 is 0 Å². The second kappa shape index (κ2) is 5.64. The van der Waals surface area contributed by atoms with Crippen molar-refractivity contribution in [2.75, 3.05) is 5.32 Å². The van der Waals surface area contributed by atoms with Gasteiger partial charge in [0.1, 0.15) is 12.4 Å². The maximum Gasteiger partial charge on any atom is 0.244 e. The van der Waals surface area contributed by atoms with Gasteiger partial charge in [-0.3, -0.25) is 4.79 Å². The maximum atomic E-state index is 12.4. The van der Waals surface area contributed by atoms with Crippen molar-refractivity contribution in [1.29, 1.82) is 0 Å². The molecule has 0 fully saturated rings. The van der Waals surface area contributed by atoms with Crippen molar-refractivity contribution in [3.63, 3.8) is 0 Å². The van der Waals surface area contributed by atoms with Gasteiger partial charge in [-0.1, -0.05) is 24.3 Å². The van der Waals surface area contributed by atoms with Gasteiger partial charge in [-0.05, 0) is 50.1 Å². The van der Waals surface area contributed by atoms with Crippen LogP contribution in [0.3, 0.4) is 0 Å². The van der Waals surface area contributed by atoms with Gasteiger partial charge in [-0.15, -0.1) is 0 Å². The van der Waals surface area contributed by atoms with Crippen molar-refractivity contribution in [3.8, 4) is 0 Å². The van der Waals surface area contributed by atoms with Gasteiger partial charge < -0.3 is 9.88 Å². The number of anilines is 1. The van der Waals surface area contributed by atoms with E-state index in [4.69, 9.17) is 0 Å². The zero-order valence-electron chi connectivity index (χ0n) is 13.1. The molecule has 1 N–H and O–H groups in total. The smallest absolute Gasteiger partial charge is 0.244 e. The van der Waals surface area contributed by atoms with Crippen molar-refractivity contribution in [2.45, 2.75) is 27.3 Å². The lowest BCUT2D eigenvalue weighted by atomic mass is 10.1. The molecule has 4 heteroatoms. The minimum atomic E-state index is -0.0417.